The zero-order valence-electron chi connectivity index (χ0n) is 12.0. The zero-order valence-corrected chi connectivity index (χ0v) is 15.2. The predicted molar refractivity (Wildman–Crippen MR) is 88.5 cm³/mol. The molecule has 2 N–H and O–H groups in total. The Balaban J connectivity index is 0.00000220. The molecule has 0 radical (unpaired) electrons. The molecule has 0 saturated carbocycles. The maximum absolute atomic E-state index is 12.7. The number of nitrogens with two attached hydrogens (primary N) is 1. The lowest BCUT2D eigenvalue weighted by molar-refractivity contribution is 0.349. The molecule has 0 aliphatic carbocycles. The van der Waals surface area contributed by atoms with Crippen LogP contribution in [0.15, 0.2) is 27.6 Å². The fraction of sp³-hybridized carbons (Fsp3) is 0.538. The SMILES string of the molecule is COc1ccc(S(=O)(=O)N2CCC(C)(CN)C2)c(Br)c1.Cl. The molecule has 120 valence electrons. The van der Waals surface area contributed by atoms with Gasteiger partial charge in [0, 0.05) is 17.6 Å². The Morgan fingerprint density at radius 3 is 2.62 bits per heavy atom. The average molecular weight is 400 g/mol. The van der Waals surface area contributed by atoms with Crippen molar-refractivity contribution in [1.29, 1.82) is 0 Å². The van der Waals surface area contributed by atoms with E-state index < -0.39 is 10.0 Å². The molecule has 8 heteroatoms. The normalized spacial score (nSPS) is 22.9. The number of methoxy groups -OCH3 is 1. The summed E-state index contributed by atoms with van der Waals surface area (Å²) in [4.78, 5) is 0.263. The Morgan fingerprint density at radius 1 is 1.48 bits per heavy atom. The van der Waals surface area contributed by atoms with E-state index in [9.17, 15) is 8.42 Å². The summed E-state index contributed by atoms with van der Waals surface area (Å²) in [6.07, 6.45) is 0.788. The fourth-order valence-electron chi connectivity index (χ4n) is 2.31. The topological polar surface area (TPSA) is 72.6 Å². The second kappa shape index (κ2) is 6.83. The summed E-state index contributed by atoms with van der Waals surface area (Å²) in [5, 5.41) is 0. The quantitative estimate of drug-likeness (QED) is 0.843. The molecule has 1 atom stereocenters. The van der Waals surface area contributed by atoms with Crippen LogP contribution in [0.5, 0.6) is 5.75 Å². The van der Waals surface area contributed by atoms with Crippen molar-refractivity contribution in [2.24, 2.45) is 11.1 Å². The van der Waals surface area contributed by atoms with Crippen LogP contribution in [0.2, 0.25) is 0 Å². The molecule has 1 aliphatic rings. The van der Waals surface area contributed by atoms with Gasteiger partial charge in [0.25, 0.3) is 0 Å². The van der Waals surface area contributed by atoms with Crippen LogP contribution < -0.4 is 10.5 Å². The summed E-state index contributed by atoms with van der Waals surface area (Å²) in [7, 11) is -1.96. The Labute approximate surface area is 140 Å². The van der Waals surface area contributed by atoms with Crippen molar-refractivity contribution in [2.75, 3.05) is 26.7 Å². The van der Waals surface area contributed by atoms with Crippen molar-refractivity contribution in [3.63, 3.8) is 0 Å². The first kappa shape index (κ1) is 18.7. The lowest BCUT2D eigenvalue weighted by atomic mass is 9.90. The molecule has 1 unspecified atom stereocenters. The first-order valence-electron chi connectivity index (χ1n) is 6.36. The van der Waals surface area contributed by atoms with Crippen LogP contribution in [0.3, 0.4) is 0 Å². The van der Waals surface area contributed by atoms with Gasteiger partial charge in [0.15, 0.2) is 0 Å². The van der Waals surface area contributed by atoms with Crippen molar-refractivity contribution in [2.45, 2.75) is 18.2 Å². The molecule has 1 fully saturated rings. The largest absolute Gasteiger partial charge is 0.497 e. The third-order valence-corrected chi connectivity index (χ3v) is 6.59. The molecule has 0 amide bonds. The first-order valence-corrected chi connectivity index (χ1v) is 8.59. The van der Waals surface area contributed by atoms with Gasteiger partial charge < -0.3 is 10.5 Å². The van der Waals surface area contributed by atoms with E-state index in [0.717, 1.165) is 6.42 Å². The molecule has 1 heterocycles. The minimum atomic E-state index is -3.50. The Kier molecular flexibility index (Phi) is 6.08. The number of rotatable bonds is 4. The molecule has 1 aliphatic heterocycles. The maximum Gasteiger partial charge on any atom is 0.244 e. The van der Waals surface area contributed by atoms with Crippen LogP contribution in [0, 0.1) is 5.41 Å². The van der Waals surface area contributed by atoms with Gasteiger partial charge in [-0.15, -0.1) is 12.4 Å². The molecule has 1 aromatic carbocycles. The standard InChI is InChI=1S/C13H19BrN2O3S.ClH/c1-13(8-15)5-6-16(9-13)20(17,18)12-4-3-10(19-2)7-11(12)14;/h3-4,7H,5-6,8-9,15H2,1-2H3;1H. The summed E-state index contributed by atoms with van der Waals surface area (Å²) < 4.78 is 32.4. The number of benzene rings is 1. The zero-order chi connectivity index (χ0) is 15.0. The monoisotopic (exact) mass is 398 g/mol. The molecule has 0 spiro atoms. The number of nitrogens with zero attached hydrogens (tertiary/aromatic N) is 1. The minimum absolute atomic E-state index is 0. The third kappa shape index (κ3) is 3.71. The van der Waals surface area contributed by atoms with E-state index in [2.05, 4.69) is 15.9 Å². The highest BCUT2D eigenvalue weighted by atomic mass is 79.9. The summed E-state index contributed by atoms with van der Waals surface area (Å²) in [5.74, 6) is 0.615. The van der Waals surface area contributed by atoms with Gasteiger partial charge in [-0.1, -0.05) is 6.92 Å². The molecular formula is C13H20BrClN2O3S. The smallest absolute Gasteiger partial charge is 0.244 e. The Hall–Kier alpha value is -0.340. The third-order valence-electron chi connectivity index (χ3n) is 3.77. The minimum Gasteiger partial charge on any atom is -0.497 e. The molecule has 5 nitrogen and oxygen atoms in total. The Bertz CT molecular complexity index is 611. The van der Waals surface area contributed by atoms with E-state index >= 15 is 0 Å². The number of sulfonamides is 1. The summed E-state index contributed by atoms with van der Waals surface area (Å²) in [6.45, 7) is 3.48. The molecule has 0 bridgehead atoms. The molecule has 2 rings (SSSR count). The second-order valence-electron chi connectivity index (χ2n) is 5.40. The molecule has 21 heavy (non-hydrogen) atoms. The van der Waals surface area contributed by atoms with Gasteiger partial charge in [0.05, 0.1) is 12.0 Å². The summed E-state index contributed by atoms with van der Waals surface area (Å²) in [6, 6.07) is 4.87. The lowest BCUT2D eigenvalue weighted by Gasteiger charge is -2.22. The molecule has 1 saturated heterocycles. The number of hydrogen-bond acceptors (Lipinski definition) is 4. The highest BCUT2D eigenvalue weighted by Gasteiger charge is 2.39. The van der Waals surface area contributed by atoms with Crippen LogP contribution in [-0.2, 0) is 10.0 Å². The summed E-state index contributed by atoms with van der Waals surface area (Å²) in [5.41, 5.74) is 5.60. The van der Waals surface area contributed by atoms with Gasteiger partial charge in [-0.25, -0.2) is 8.42 Å². The lowest BCUT2D eigenvalue weighted by Crippen LogP contribution is -2.34. The second-order valence-corrected chi connectivity index (χ2v) is 8.16. The maximum atomic E-state index is 12.7. The van der Waals surface area contributed by atoms with E-state index in [1.165, 1.54) is 4.31 Å². The van der Waals surface area contributed by atoms with Crippen LogP contribution in [0.1, 0.15) is 13.3 Å². The summed E-state index contributed by atoms with van der Waals surface area (Å²) >= 11 is 3.31. The van der Waals surface area contributed by atoms with Crippen molar-refractivity contribution in [3.8, 4) is 5.75 Å². The van der Waals surface area contributed by atoms with Gasteiger partial charge in [-0.3, -0.25) is 0 Å². The Morgan fingerprint density at radius 2 is 2.14 bits per heavy atom. The fourth-order valence-corrected chi connectivity index (χ4v) is 4.92. The van der Waals surface area contributed by atoms with Gasteiger partial charge >= 0.3 is 0 Å². The van der Waals surface area contributed by atoms with Gasteiger partial charge in [-0.2, -0.15) is 4.31 Å². The molecule has 1 aromatic rings. The molecular weight excluding hydrogens is 380 g/mol. The van der Waals surface area contributed by atoms with E-state index in [1.54, 1.807) is 25.3 Å². The molecule has 0 aromatic heterocycles. The van der Waals surface area contributed by atoms with Crippen molar-refractivity contribution >= 4 is 38.4 Å². The van der Waals surface area contributed by atoms with Crippen LogP contribution in [0.25, 0.3) is 0 Å². The van der Waals surface area contributed by atoms with Crippen LogP contribution in [0.4, 0.5) is 0 Å². The van der Waals surface area contributed by atoms with Crippen molar-refractivity contribution in [1.82, 2.24) is 4.31 Å². The van der Waals surface area contributed by atoms with E-state index in [-0.39, 0.29) is 22.7 Å². The van der Waals surface area contributed by atoms with Gasteiger partial charge in [0.2, 0.25) is 10.0 Å². The van der Waals surface area contributed by atoms with E-state index in [0.29, 0.717) is 29.9 Å². The van der Waals surface area contributed by atoms with Crippen molar-refractivity contribution in [3.05, 3.63) is 22.7 Å². The van der Waals surface area contributed by atoms with Gasteiger partial charge in [-0.05, 0) is 52.5 Å². The highest BCUT2D eigenvalue weighted by molar-refractivity contribution is 9.10. The van der Waals surface area contributed by atoms with Crippen LogP contribution in [-0.4, -0.2) is 39.5 Å². The van der Waals surface area contributed by atoms with E-state index in [4.69, 9.17) is 10.5 Å². The number of hydrogen-bond donors (Lipinski definition) is 1. The average Bonchev–Trinajstić information content (AvgIpc) is 2.82. The van der Waals surface area contributed by atoms with Crippen molar-refractivity contribution < 1.29 is 13.2 Å². The predicted octanol–water partition coefficient (Wildman–Crippen LogP) is 2.24. The number of ether oxygens (including phenoxy) is 1. The highest BCUT2D eigenvalue weighted by Crippen LogP contribution is 2.35. The van der Waals surface area contributed by atoms with Crippen LogP contribution >= 0.6 is 28.3 Å². The first-order chi connectivity index (χ1) is 9.32. The number of halogens is 2. The van der Waals surface area contributed by atoms with E-state index in [1.807, 2.05) is 6.92 Å². The van der Waals surface area contributed by atoms with Gasteiger partial charge in [0.1, 0.15) is 5.75 Å².